The first-order valence-corrected chi connectivity index (χ1v) is 7.37. The minimum absolute atomic E-state index is 0.875. The van der Waals surface area contributed by atoms with Gasteiger partial charge in [-0.15, -0.1) is 23.1 Å². The molecule has 4 nitrogen and oxygen atoms in total. The highest BCUT2D eigenvalue weighted by atomic mass is 32.2. The van der Waals surface area contributed by atoms with Crippen molar-refractivity contribution < 1.29 is 4.74 Å². The molecule has 0 N–H and O–H groups in total. The van der Waals surface area contributed by atoms with Crippen LogP contribution in [-0.4, -0.2) is 27.9 Å². The van der Waals surface area contributed by atoms with Gasteiger partial charge in [0, 0.05) is 12.3 Å². The van der Waals surface area contributed by atoms with Crippen LogP contribution in [0.5, 0.6) is 5.75 Å². The first-order valence-electron chi connectivity index (χ1n) is 5.32. The van der Waals surface area contributed by atoms with Crippen LogP contribution in [0, 0.1) is 0 Å². The van der Waals surface area contributed by atoms with E-state index in [1.54, 1.807) is 42.6 Å². The van der Waals surface area contributed by atoms with Crippen LogP contribution in [0.2, 0.25) is 0 Å². The van der Waals surface area contributed by atoms with Crippen molar-refractivity contribution in [1.29, 1.82) is 0 Å². The van der Waals surface area contributed by atoms with Crippen LogP contribution in [0.3, 0.4) is 0 Å². The Bertz CT molecular complexity index is 690. The molecule has 0 atom stereocenters. The Kier molecular flexibility index (Phi) is 2.97. The molecule has 0 aliphatic heterocycles. The highest BCUT2D eigenvalue weighted by Gasteiger charge is 2.13. The van der Waals surface area contributed by atoms with Gasteiger partial charge in [0.05, 0.1) is 23.0 Å². The van der Waals surface area contributed by atoms with Gasteiger partial charge in [-0.25, -0.2) is 4.98 Å². The molecule has 0 bridgehead atoms. The van der Waals surface area contributed by atoms with Gasteiger partial charge in [-0.05, 0) is 12.3 Å². The summed E-state index contributed by atoms with van der Waals surface area (Å²) in [6.07, 6.45) is 7.41. The number of aromatic nitrogens is 3. The quantitative estimate of drug-likeness (QED) is 0.689. The SMILES string of the molecule is COc1cc(SC)sc1-n1cnc2cnccc21. The molecule has 0 spiro atoms. The van der Waals surface area contributed by atoms with Crippen LogP contribution in [0.25, 0.3) is 16.0 Å². The van der Waals surface area contributed by atoms with Gasteiger partial charge in [0.25, 0.3) is 0 Å². The number of rotatable bonds is 3. The van der Waals surface area contributed by atoms with E-state index in [-0.39, 0.29) is 0 Å². The summed E-state index contributed by atoms with van der Waals surface area (Å²) in [5, 5.41) is 1.05. The zero-order valence-electron chi connectivity index (χ0n) is 9.95. The van der Waals surface area contributed by atoms with Gasteiger partial charge >= 0.3 is 0 Å². The predicted octanol–water partition coefficient (Wildman–Crippen LogP) is 3.21. The zero-order valence-corrected chi connectivity index (χ0v) is 11.6. The summed E-state index contributed by atoms with van der Waals surface area (Å²) in [7, 11) is 1.69. The van der Waals surface area contributed by atoms with Crippen LogP contribution >= 0.6 is 23.1 Å². The number of ether oxygens (including phenoxy) is 1. The van der Waals surface area contributed by atoms with E-state index in [9.17, 15) is 0 Å². The molecule has 0 fully saturated rings. The molecule has 3 aromatic rings. The van der Waals surface area contributed by atoms with Gasteiger partial charge < -0.3 is 4.74 Å². The average molecular weight is 277 g/mol. The fourth-order valence-corrected chi connectivity index (χ4v) is 3.42. The van der Waals surface area contributed by atoms with E-state index in [1.165, 1.54) is 4.21 Å². The molecule has 92 valence electrons. The maximum absolute atomic E-state index is 5.43. The van der Waals surface area contributed by atoms with Crippen LogP contribution in [0.4, 0.5) is 0 Å². The van der Waals surface area contributed by atoms with Gasteiger partial charge in [0.15, 0.2) is 5.75 Å². The van der Waals surface area contributed by atoms with E-state index in [2.05, 4.69) is 22.3 Å². The maximum Gasteiger partial charge on any atom is 0.155 e. The van der Waals surface area contributed by atoms with Gasteiger partial charge in [-0.1, -0.05) is 0 Å². The summed E-state index contributed by atoms with van der Waals surface area (Å²) in [5.74, 6) is 0.875. The molecule has 3 aromatic heterocycles. The topological polar surface area (TPSA) is 39.9 Å². The first-order chi connectivity index (χ1) is 8.83. The molecule has 0 saturated carbocycles. The predicted molar refractivity (Wildman–Crippen MR) is 75.1 cm³/mol. The van der Waals surface area contributed by atoms with E-state index in [4.69, 9.17) is 4.74 Å². The molecular weight excluding hydrogens is 266 g/mol. The van der Waals surface area contributed by atoms with Crippen LogP contribution in [-0.2, 0) is 0 Å². The summed E-state index contributed by atoms with van der Waals surface area (Å²) in [6, 6.07) is 4.01. The lowest BCUT2D eigenvalue weighted by molar-refractivity contribution is 0.414. The minimum Gasteiger partial charge on any atom is -0.494 e. The number of thioether (sulfide) groups is 1. The third-order valence-corrected chi connectivity index (χ3v) is 4.83. The Labute approximate surface area is 113 Å². The number of fused-ring (bicyclic) bond motifs is 1. The maximum atomic E-state index is 5.43. The first kappa shape index (κ1) is 11.6. The van der Waals surface area contributed by atoms with Crippen molar-refractivity contribution in [2.75, 3.05) is 13.4 Å². The van der Waals surface area contributed by atoms with Crippen molar-refractivity contribution >= 4 is 34.1 Å². The van der Waals surface area contributed by atoms with Gasteiger partial charge in [-0.2, -0.15) is 0 Å². The third kappa shape index (κ3) is 1.77. The number of pyridine rings is 1. The van der Waals surface area contributed by atoms with E-state index < -0.39 is 0 Å². The second-order valence-electron chi connectivity index (χ2n) is 3.62. The third-order valence-electron chi connectivity index (χ3n) is 2.65. The Morgan fingerprint density at radius 3 is 3.11 bits per heavy atom. The number of imidazole rings is 1. The number of hydrogen-bond donors (Lipinski definition) is 0. The van der Waals surface area contributed by atoms with Gasteiger partial charge in [0.1, 0.15) is 16.8 Å². The van der Waals surface area contributed by atoms with E-state index in [0.717, 1.165) is 21.8 Å². The highest BCUT2D eigenvalue weighted by molar-refractivity contribution is 8.00. The lowest BCUT2D eigenvalue weighted by atomic mass is 10.4. The molecule has 6 heteroatoms. The molecule has 0 unspecified atom stereocenters. The smallest absolute Gasteiger partial charge is 0.155 e. The molecular formula is C12H11N3OS2. The summed E-state index contributed by atoms with van der Waals surface area (Å²) in [6.45, 7) is 0. The van der Waals surface area contributed by atoms with Crippen LogP contribution < -0.4 is 4.74 Å². The zero-order chi connectivity index (χ0) is 12.5. The van der Waals surface area contributed by atoms with Crippen molar-refractivity contribution in [3.63, 3.8) is 0 Å². The summed E-state index contributed by atoms with van der Waals surface area (Å²) >= 11 is 3.41. The number of hydrogen-bond acceptors (Lipinski definition) is 5. The molecule has 0 aliphatic carbocycles. The van der Waals surface area contributed by atoms with Gasteiger partial charge in [0.2, 0.25) is 0 Å². The second-order valence-corrected chi connectivity index (χ2v) is 5.76. The Balaban J connectivity index is 2.22. The summed E-state index contributed by atoms with van der Waals surface area (Å²) in [5.41, 5.74) is 1.93. The van der Waals surface area contributed by atoms with E-state index in [0.29, 0.717) is 0 Å². The largest absolute Gasteiger partial charge is 0.494 e. The molecule has 0 aromatic carbocycles. The molecule has 0 saturated heterocycles. The molecule has 3 heterocycles. The Morgan fingerprint density at radius 2 is 2.33 bits per heavy atom. The fraction of sp³-hybridized carbons (Fsp3) is 0.167. The molecule has 0 radical (unpaired) electrons. The molecule has 0 amide bonds. The molecule has 18 heavy (non-hydrogen) atoms. The Morgan fingerprint density at radius 1 is 1.44 bits per heavy atom. The van der Waals surface area contributed by atoms with Crippen molar-refractivity contribution in [3.05, 3.63) is 30.9 Å². The van der Waals surface area contributed by atoms with E-state index >= 15 is 0 Å². The molecule has 3 rings (SSSR count). The van der Waals surface area contributed by atoms with Crippen molar-refractivity contribution in [2.24, 2.45) is 0 Å². The second kappa shape index (κ2) is 4.62. The van der Waals surface area contributed by atoms with Gasteiger partial charge in [-0.3, -0.25) is 9.55 Å². The van der Waals surface area contributed by atoms with Crippen molar-refractivity contribution in [1.82, 2.24) is 14.5 Å². The fourth-order valence-electron chi connectivity index (χ4n) is 1.78. The summed E-state index contributed by atoms with van der Waals surface area (Å²) in [4.78, 5) is 8.43. The Hall–Kier alpha value is -1.53. The van der Waals surface area contributed by atoms with Crippen LogP contribution in [0.1, 0.15) is 0 Å². The highest BCUT2D eigenvalue weighted by Crippen LogP contribution is 2.38. The molecule has 0 aliphatic rings. The standard InChI is InChI=1S/C12H11N3OS2/c1-16-10-5-11(17-2)18-12(10)15-7-14-8-6-13-4-3-9(8)15/h3-7H,1-2H3. The van der Waals surface area contributed by atoms with Crippen molar-refractivity contribution in [2.45, 2.75) is 4.21 Å². The van der Waals surface area contributed by atoms with Crippen LogP contribution in [0.15, 0.2) is 35.1 Å². The lowest BCUT2D eigenvalue weighted by Gasteiger charge is -2.03. The normalized spacial score (nSPS) is 11.0. The number of thiophene rings is 1. The van der Waals surface area contributed by atoms with E-state index in [1.807, 2.05) is 17.0 Å². The monoisotopic (exact) mass is 277 g/mol. The number of nitrogens with zero attached hydrogens (tertiary/aromatic N) is 3. The minimum atomic E-state index is 0.875. The number of methoxy groups -OCH3 is 1. The summed E-state index contributed by atoms with van der Waals surface area (Å²) < 4.78 is 8.70. The van der Waals surface area contributed by atoms with Crippen molar-refractivity contribution in [3.8, 4) is 10.8 Å². The lowest BCUT2D eigenvalue weighted by Crippen LogP contribution is -1.91. The average Bonchev–Trinajstić information content (AvgIpc) is 3.01.